The maximum absolute atomic E-state index is 12.7. The Morgan fingerprint density at radius 3 is 2.44 bits per heavy atom. The van der Waals surface area contributed by atoms with Gasteiger partial charge in [0.2, 0.25) is 5.91 Å². The molecule has 3 amide bonds. The Morgan fingerprint density at radius 1 is 0.960 bits per heavy atom. The van der Waals surface area contributed by atoms with Gasteiger partial charge in [-0.3, -0.25) is 4.79 Å². The average molecular weight is 364 g/mol. The molecule has 1 saturated carbocycles. The summed E-state index contributed by atoms with van der Waals surface area (Å²) in [6, 6.07) is 7.01. The van der Waals surface area contributed by atoms with E-state index >= 15 is 0 Å². The molecule has 25 heavy (non-hydrogen) atoms. The van der Waals surface area contributed by atoms with Crippen LogP contribution in [0.15, 0.2) is 24.3 Å². The van der Waals surface area contributed by atoms with Crippen LogP contribution in [-0.4, -0.2) is 47.9 Å². The standard InChI is InChI=1S/C19H26ClN3O2/c20-16-8-4-9-17(14-16)21-19(25)23-11-5-10-22(12-13-23)18(24)15-6-2-1-3-7-15/h4,8-9,14-15H,1-3,5-7,10-13H2,(H,21,25). The normalized spacial score (nSPS) is 19.4. The Kier molecular flexibility index (Phi) is 6.19. The molecular formula is C19H26ClN3O2. The van der Waals surface area contributed by atoms with Crippen LogP contribution >= 0.6 is 11.6 Å². The molecule has 0 radical (unpaired) electrons. The molecule has 0 aromatic heterocycles. The van der Waals surface area contributed by atoms with Gasteiger partial charge in [-0.15, -0.1) is 0 Å². The molecule has 136 valence electrons. The van der Waals surface area contributed by atoms with E-state index in [9.17, 15) is 9.59 Å². The minimum Gasteiger partial charge on any atom is -0.341 e. The molecule has 5 nitrogen and oxygen atoms in total. The first-order valence-electron chi connectivity index (χ1n) is 9.24. The molecule has 6 heteroatoms. The van der Waals surface area contributed by atoms with Crippen molar-refractivity contribution in [2.24, 2.45) is 5.92 Å². The molecule has 1 aliphatic carbocycles. The molecule has 3 rings (SSSR count). The number of nitrogens with zero attached hydrogens (tertiary/aromatic N) is 2. The van der Waals surface area contributed by atoms with Gasteiger partial charge >= 0.3 is 6.03 Å². The first-order chi connectivity index (χ1) is 12.1. The zero-order valence-electron chi connectivity index (χ0n) is 14.5. The topological polar surface area (TPSA) is 52.7 Å². The summed E-state index contributed by atoms with van der Waals surface area (Å²) in [5, 5.41) is 3.48. The third kappa shape index (κ3) is 4.88. The van der Waals surface area contributed by atoms with Crippen molar-refractivity contribution in [3.05, 3.63) is 29.3 Å². The second-order valence-corrected chi connectivity index (χ2v) is 7.38. The fraction of sp³-hybridized carbons (Fsp3) is 0.579. The molecule has 0 unspecified atom stereocenters. The lowest BCUT2D eigenvalue weighted by atomic mass is 9.88. The lowest BCUT2D eigenvalue weighted by molar-refractivity contribution is -0.136. The summed E-state index contributed by atoms with van der Waals surface area (Å²) in [5.41, 5.74) is 0.692. The molecule has 1 aliphatic heterocycles. The number of anilines is 1. The molecule has 0 spiro atoms. The number of rotatable bonds is 2. The Morgan fingerprint density at radius 2 is 1.68 bits per heavy atom. The summed E-state index contributed by atoms with van der Waals surface area (Å²) in [6.45, 7) is 2.61. The summed E-state index contributed by atoms with van der Waals surface area (Å²) in [7, 11) is 0. The van der Waals surface area contributed by atoms with Gasteiger partial charge < -0.3 is 15.1 Å². The zero-order valence-corrected chi connectivity index (χ0v) is 15.3. The van der Waals surface area contributed by atoms with Crippen LogP contribution in [0.5, 0.6) is 0 Å². The molecule has 1 aromatic carbocycles. The summed E-state index contributed by atoms with van der Waals surface area (Å²) in [4.78, 5) is 28.9. The van der Waals surface area contributed by atoms with Gasteiger partial charge in [0.15, 0.2) is 0 Å². The van der Waals surface area contributed by atoms with E-state index in [2.05, 4.69) is 5.32 Å². The van der Waals surface area contributed by atoms with Crippen LogP contribution in [0.2, 0.25) is 5.02 Å². The summed E-state index contributed by atoms with van der Waals surface area (Å²) >= 11 is 5.96. The number of urea groups is 1. The maximum Gasteiger partial charge on any atom is 0.321 e. The largest absolute Gasteiger partial charge is 0.341 e. The highest BCUT2D eigenvalue weighted by Crippen LogP contribution is 2.26. The quantitative estimate of drug-likeness (QED) is 0.863. The van der Waals surface area contributed by atoms with Crippen molar-refractivity contribution in [1.29, 1.82) is 0 Å². The summed E-state index contributed by atoms with van der Waals surface area (Å²) in [5.74, 6) is 0.484. The first-order valence-corrected chi connectivity index (χ1v) is 9.61. The van der Waals surface area contributed by atoms with Gasteiger partial charge in [-0.2, -0.15) is 0 Å². The second kappa shape index (κ2) is 8.56. The van der Waals surface area contributed by atoms with Crippen molar-refractivity contribution >= 4 is 29.2 Å². The highest BCUT2D eigenvalue weighted by Gasteiger charge is 2.28. The van der Waals surface area contributed by atoms with Crippen LogP contribution in [0.25, 0.3) is 0 Å². The predicted molar refractivity (Wildman–Crippen MR) is 99.8 cm³/mol. The van der Waals surface area contributed by atoms with Crippen LogP contribution in [0.1, 0.15) is 38.5 Å². The first kappa shape index (κ1) is 18.1. The van der Waals surface area contributed by atoms with Crippen molar-refractivity contribution in [1.82, 2.24) is 9.80 Å². The third-order valence-electron chi connectivity index (χ3n) is 5.13. The van der Waals surface area contributed by atoms with Gasteiger partial charge in [0, 0.05) is 42.8 Å². The number of nitrogens with one attached hydrogen (secondary N) is 1. The highest BCUT2D eigenvalue weighted by atomic mass is 35.5. The average Bonchev–Trinajstić information content (AvgIpc) is 2.88. The Bertz CT molecular complexity index is 616. The fourth-order valence-electron chi connectivity index (χ4n) is 3.72. The lowest BCUT2D eigenvalue weighted by Gasteiger charge is -2.28. The SMILES string of the molecule is O=C(Nc1cccc(Cl)c1)N1CCCN(C(=O)C2CCCCC2)CC1. The van der Waals surface area contributed by atoms with E-state index in [1.54, 1.807) is 17.0 Å². The zero-order chi connectivity index (χ0) is 17.6. The van der Waals surface area contributed by atoms with Gasteiger partial charge in [0.25, 0.3) is 0 Å². The van der Waals surface area contributed by atoms with Crippen LogP contribution in [0.3, 0.4) is 0 Å². The van der Waals surface area contributed by atoms with Crippen molar-refractivity contribution in [3.63, 3.8) is 0 Å². The van der Waals surface area contributed by atoms with Gasteiger partial charge in [0.05, 0.1) is 0 Å². The molecule has 1 aromatic rings. The number of hydrogen-bond acceptors (Lipinski definition) is 2. The van der Waals surface area contributed by atoms with E-state index in [-0.39, 0.29) is 17.9 Å². The van der Waals surface area contributed by atoms with E-state index in [1.807, 2.05) is 17.0 Å². The maximum atomic E-state index is 12.7. The fourth-order valence-corrected chi connectivity index (χ4v) is 3.91. The molecule has 1 N–H and O–H groups in total. The minimum absolute atomic E-state index is 0.130. The number of benzene rings is 1. The van der Waals surface area contributed by atoms with Gasteiger partial charge in [-0.1, -0.05) is 36.9 Å². The van der Waals surface area contributed by atoms with Crippen molar-refractivity contribution in [2.75, 3.05) is 31.5 Å². The molecule has 2 aliphatic rings. The number of amides is 3. The highest BCUT2D eigenvalue weighted by molar-refractivity contribution is 6.30. The number of carbonyl (C=O) groups is 2. The summed E-state index contributed by atoms with van der Waals surface area (Å²) < 4.78 is 0. The van der Waals surface area contributed by atoms with Crippen LogP contribution < -0.4 is 5.32 Å². The van der Waals surface area contributed by atoms with E-state index in [4.69, 9.17) is 11.6 Å². The monoisotopic (exact) mass is 363 g/mol. The lowest BCUT2D eigenvalue weighted by Crippen LogP contribution is -2.41. The van der Waals surface area contributed by atoms with Crippen LogP contribution in [0.4, 0.5) is 10.5 Å². The third-order valence-corrected chi connectivity index (χ3v) is 5.36. The van der Waals surface area contributed by atoms with Gasteiger partial charge in [-0.25, -0.2) is 4.79 Å². The molecule has 2 fully saturated rings. The molecule has 0 bridgehead atoms. The van der Waals surface area contributed by atoms with E-state index < -0.39 is 0 Å². The Labute approximate surface area is 154 Å². The van der Waals surface area contributed by atoms with Crippen LogP contribution in [0, 0.1) is 5.92 Å². The van der Waals surface area contributed by atoms with Gasteiger partial charge in [-0.05, 0) is 37.5 Å². The smallest absolute Gasteiger partial charge is 0.321 e. The van der Waals surface area contributed by atoms with Crippen molar-refractivity contribution < 1.29 is 9.59 Å². The van der Waals surface area contributed by atoms with Crippen molar-refractivity contribution in [2.45, 2.75) is 38.5 Å². The molecular weight excluding hydrogens is 338 g/mol. The number of carbonyl (C=O) groups excluding carboxylic acids is 2. The van der Waals surface area contributed by atoms with Crippen molar-refractivity contribution in [3.8, 4) is 0 Å². The van der Waals surface area contributed by atoms with E-state index in [0.29, 0.717) is 30.3 Å². The van der Waals surface area contributed by atoms with Crippen LogP contribution in [-0.2, 0) is 4.79 Å². The Hall–Kier alpha value is -1.75. The van der Waals surface area contributed by atoms with Gasteiger partial charge in [0.1, 0.15) is 0 Å². The molecule has 0 atom stereocenters. The Balaban J connectivity index is 1.53. The van der Waals surface area contributed by atoms with E-state index in [0.717, 1.165) is 25.8 Å². The summed E-state index contributed by atoms with van der Waals surface area (Å²) in [6.07, 6.45) is 6.45. The number of hydrogen-bond donors (Lipinski definition) is 1. The molecule has 1 heterocycles. The molecule has 1 saturated heterocycles. The van der Waals surface area contributed by atoms with E-state index in [1.165, 1.54) is 19.3 Å². The minimum atomic E-state index is -0.130. The predicted octanol–water partition coefficient (Wildman–Crippen LogP) is 3.99. The second-order valence-electron chi connectivity index (χ2n) is 6.94. The number of halogens is 1.